The predicted molar refractivity (Wildman–Crippen MR) is 54.0 cm³/mol. The van der Waals surface area contributed by atoms with Gasteiger partial charge in [0.1, 0.15) is 11.6 Å². The zero-order chi connectivity index (χ0) is 9.84. The average Bonchev–Trinajstić information content (AvgIpc) is 2.02. The van der Waals surface area contributed by atoms with E-state index >= 15 is 0 Å². The van der Waals surface area contributed by atoms with E-state index in [1.54, 1.807) is 6.07 Å². The smallest absolute Gasteiger partial charge is 0.132 e. The predicted octanol–water partition coefficient (Wildman–Crippen LogP) is 3.15. The molecule has 72 valence electrons. The molecule has 1 aromatic carbocycles. The first-order valence-electron chi connectivity index (χ1n) is 4.21. The Morgan fingerprint density at radius 1 is 1.46 bits per heavy atom. The van der Waals surface area contributed by atoms with E-state index in [0.717, 1.165) is 0 Å². The van der Waals surface area contributed by atoms with Gasteiger partial charge >= 0.3 is 0 Å². The van der Waals surface area contributed by atoms with Crippen LogP contribution in [-0.4, -0.2) is 6.61 Å². The maximum Gasteiger partial charge on any atom is 0.132 e. The Morgan fingerprint density at radius 3 is 2.69 bits per heavy atom. The zero-order valence-electron chi connectivity index (χ0n) is 7.75. The summed E-state index contributed by atoms with van der Waals surface area (Å²) >= 11 is 4.11. The standard InChI is InChI=1S/C10H13FOS/c1-7(2)6-12-9-4-3-8(11)5-10(9)13/h3-5,7,13H,6H2,1-2H3. The van der Waals surface area contributed by atoms with Crippen LogP contribution in [0.3, 0.4) is 0 Å². The van der Waals surface area contributed by atoms with E-state index in [0.29, 0.717) is 23.2 Å². The van der Waals surface area contributed by atoms with Crippen LogP contribution in [0.15, 0.2) is 23.1 Å². The van der Waals surface area contributed by atoms with E-state index in [2.05, 4.69) is 26.5 Å². The molecule has 1 rings (SSSR count). The molecule has 0 aliphatic rings. The fraction of sp³-hybridized carbons (Fsp3) is 0.400. The van der Waals surface area contributed by atoms with E-state index in [4.69, 9.17) is 4.74 Å². The zero-order valence-corrected chi connectivity index (χ0v) is 8.64. The quantitative estimate of drug-likeness (QED) is 0.737. The molecule has 0 bridgehead atoms. The lowest BCUT2D eigenvalue weighted by Crippen LogP contribution is -2.04. The summed E-state index contributed by atoms with van der Waals surface area (Å²) in [4.78, 5) is 0.542. The SMILES string of the molecule is CC(C)COc1ccc(F)cc1S. The Morgan fingerprint density at radius 2 is 2.15 bits per heavy atom. The largest absolute Gasteiger partial charge is 0.492 e. The first-order valence-corrected chi connectivity index (χ1v) is 4.65. The van der Waals surface area contributed by atoms with Gasteiger partial charge in [-0.3, -0.25) is 0 Å². The Hall–Kier alpha value is -0.700. The lowest BCUT2D eigenvalue weighted by molar-refractivity contribution is 0.265. The first kappa shape index (κ1) is 10.4. The third kappa shape index (κ3) is 3.27. The third-order valence-corrected chi connectivity index (χ3v) is 1.84. The van der Waals surface area contributed by atoms with Crippen LogP contribution in [0.25, 0.3) is 0 Å². The van der Waals surface area contributed by atoms with Crippen molar-refractivity contribution in [2.75, 3.05) is 6.61 Å². The van der Waals surface area contributed by atoms with Crippen LogP contribution in [0.4, 0.5) is 4.39 Å². The van der Waals surface area contributed by atoms with Crippen LogP contribution in [0.2, 0.25) is 0 Å². The molecular formula is C10H13FOS. The Labute approximate surface area is 83.3 Å². The highest BCUT2D eigenvalue weighted by Crippen LogP contribution is 2.23. The summed E-state index contributed by atoms with van der Waals surface area (Å²) < 4.78 is 18.1. The Kier molecular flexibility index (Phi) is 3.60. The number of thiol groups is 1. The van der Waals surface area contributed by atoms with E-state index in [9.17, 15) is 4.39 Å². The second-order valence-electron chi connectivity index (χ2n) is 3.32. The molecule has 0 spiro atoms. The monoisotopic (exact) mass is 200 g/mol. The molecule has 0 aliphatic carbocycles. The van der Waals surface area contributed by atoms with Crippen LogP contribution in [0.1, 0.15) is 13.8 Å². The summed E-state index contributed by atoms with van der Waals surface area (Å²) in [6.07, 6.45) is 0. The van der Waals surface area contributed by atoms with Crippen molar-refractivity contribution >= 4 is 12.6 Å². The normalized spacial score (nSPS) is 10.5. The fourth-order valence-corrected chi connectivity index (χ4v) is 1.13. The molecule has 0 aromatic heterocycles. The molecule has 0 fully saturated rings. The van der Waals surface area contributed by atoms with Gasteiger partial charge < -0.3 is 4.74 Å². The summed E-state index contributed by atoms with van der Waals surface area (Å²) in [5.41, 5.74) is 0. The highest BCUT2D eigenvalue weighted by atomic mass is 32.1. The van der Waals surface area contributed by atoms with Crippen molar-refractivity contribution in [2.24, 2.45) is 5.92 Å². The van der Waals surface area contributed by atoms with E-state index < -0.39 is 0 Å². The van der Waals surface area contributed by atoms with Gasteiger partial charge in [-0.1, -0.05) is 13.8 Å². The van der Waals surface area contributed by atoms with Gasteiger partial charge in [0, 0.05) is 4.90 Å². The minimum atomic E-state index is -0.290. The lowest BCUT2D eigenvalue weighted by atomic mass is 10.2. The molecule has 1 aromatic rings. The molecule has 3 heteroatoms. The molecule has 1 nitrogen and oxygen atoms in total. The number of hydrogen-bond donors (Lipinski definition) is 1. The van der Waals surface area contributed by atoms with E-state index in [-0.39, 0.29) is 5.82 Å². The van der Waals surface area contributed by atoms with Crippen molar-refractivity contribution in [1.29, 1.82) is 0 Å². The van der Waals surface area contributed by atoms with Crippen molar-refractivity contribution < 1.29 is 9.13 Å². The fourth-order valence-electron chi connectivity index (χ4n) is 0.869. The van der Waals surface area contributed by atoms with Gasteiger partial charge in [0.25, 0.3) is 0 Å². The molecule has 0 amide bonds. The second kappa shape index (κ2) is 4.51. The molecule has 13 heavy (non-hydrogen) atoms. The van der Waals surface area contributed by atoms with Gasteiger partial charge in [-0.05, 0) is 24.1 Å². The second-order valence-corrected chi connectivity index (χ2v) is 3.80. The molecule has 0 saturated carbocycles. The van der Waals surface area contributed by atoms with Crippen molar-refractivity contribution in [1.82, 2.24) is 0 Å². The van der Waals surface area contributed by atoms with Crippen LogP contribution < -0.4 is 4.74 Å². The van der Waals surface area contributed by atoms with Gasteiger partial charge in [-0.15, -0.1) is 12.6 Å². The maximum absolute atomic E-state index is 12.6. The van der Waals surface area contributed by atoms with Gasteiger partial charge in [0.15, 0.2) is 0 Å². The Balaban J connectivity index is 2.67. The minimum Gasteiger partial charge on any atom is -0.492 e. The Bertz CT molecular complexity index is 286. The number of benzene rings is 1. The summed E-state index contributed by atoms with van der Waals surface area (Å²) in [7, 11) is 0. The van der Waals surface area contributed by atoms with Crippen molar-refractivity contribution in [3.63, 3.8) is 0 Å². The number of halogens is 1. The van der Waals surface area contributed by atoms with Gasteiger partial charge in [0.05, 0.1) is 6.61 Å². The summed E-state index contributed by atoms with van der Waals surface area (Å²) in [5, 5.41) is 0. The molecule has 0 N–H and O–H groups in total. The first-order chi connectivity index (χ1) is 6.09. The van der Waals surface area contributed by atoms with Gasteiger partial charge in [0.2, 0.25) is 0 Å². The molecular weight excluding hydrogens is 187 g/mol. The lowest BCUT2D eigenvalue weighted by Gasteiger charge is -2.10. The summed E-state index contributed by atoms with van der Waals surface area (Å²) in [6.45, 7) is 4.74. The van der Waals surface area contributed by atoms with E-state index in [1.165, 1.54) is 12.1 Å². The topological polar surface area (TPSA) is 9.23 Å². The maximum atomic E-state index is 12.6. The van der Waals surface area contributed by atoms with Crippen LogP contribution in [0.5, 0.6) is 5.75 Å². The van der Waals surface area contributed by atoms with Crippen LogP contribution in [0, 0.1) is 11.7 Å². The number of rotatable bonds is 3. The van der Waals surface area contributed by atoms with Crippen LogP contribution >= 0.6 is 12.6 Å². The summed E-state index contributed by atoms with van der Waals surface area (Å²) in [6, 6.07) is 4.31. The molecule has 0 heterocycles. The molecule has 0 aliphatic heterocycles. The van der Waals surface area contributed by atoms with Crippen molar-refractivity contribution in [2.45, 2.75) is 18.7 Å². The average molecular weight is 200 g/mol. The third-order valence-electron chi connectivity index (χ3n) is 1.49. The highest BCUT2D eigenvalue weighted by Gasteiger charge is 2.02. The minimum absolute atomic E-state index is 0.290. The highest BCUT2D eigenvalue weighted by molar-refractivity contribution is 7.80. The summed E-state index contributed by atoms with van der Waals surface area (Å²) in [5.74, 6) is 0.804. The number of ether oxygens (including phenoxy) is 1. The van der Waals surface area contributed by atoms with E-state index in [1.807, 2.05) is 0 Å². The molecule has 0 radical (unpaired) electrons. The molecule has 0 atom stereocenters. The molecule has 0 unspecified atom stereocenters. The van der Waals surface area contributed by atoms with Crippen LogP contribution in [-0.2, 0) is 0 Å². The van der Waals surface area contributed by atoms with Crippen molar-refractivity contribution in [3.8, 4) is 5.75 Å². The van der Waals surface area contributed by atoms with Gasteiger partial charge in [-0.25, -0.2) is 4.39 Å². The van der Waals surface area contributed by atoms with Gasteiger partial charge in [-0.2, -0.15) is 0 Å². The van der Waals surface area contributed by atoms with Crippen molar-refractivity contribution in [3.05, 3.63) is 24.0 Å². The molecule has 0 saturated heterocycles. The number of hydrogen-bond acceptors (Lipinski definition) is 2.